The number of morpholine rings is 1. The molecular formula is C23H39IN4O2. The normalized spacial score (nSPS) is 25.1. The van der Waals surface area contributed by atoms with Crippen LogP contribution in [0.5, 0.6) is 5.75 Å². The molecule has 2 aliphatic rings. The Morgan fingerprint density at radius 3 is 2.50 bits per heavy atom. The maximum atomic E-state index is 5.83. The molecule has 3 unspecified atom stereocenters. The molecule has 0 radical (unpaired) electrons. The van der Waals surface area contributed by atoms with Gasteiger partial charge in [0.1, 0.15) is 5.75 Å². The van der Waals surface area contributed by atoms with Crippen molar-refractivity contribution >= 4 is 29.9 Å². The molecule has 2 fully saturated rings. The van der Waals surface area contributed by atoms with Crippen LogP contribution in [0.25, 0.3) is 0 Å². The van der Waals surface area contributed by atoms with Crippen LogP contribution in [0.15, 0.2) is 29.3 Å². The molecule has 0 amide bonds. The van der Waals surface area contributed by atoms with Gasteiger partial charge < -0.3 is 19.7 Å². The second-order valence-corrected chi connectivity index (χ2v) is 8.31. The lowest BCUT2D eigenvalue weighted by atomic mass is 9.98. The van der Waals surface area contributed by atoms with Gasteiger partial charge in [-0.05, 0) is 51.3 Å². The van der Waals surface area contributed by atoms with Crippen LogP contribution in [-0.4, -0.2) is 80.9 Å². The average molecular weight is 530 g/mol. The van der Waals surface area contributed by atoms with Crippen molar-refractivity contribution in [2.75, 3.05) is 52.9 Å². The summed E-state index contributed by atoms with van der Waals surface area (Å²) in [4.78, 5) is 9.85. The lowest BCUT2D eigenvalue weighted by Gasteiger charge is -2.35. The van der Waals surface area contributed by atoms with Crippen LogP contribution in [-0.2, 0) is 4.74 Å². The number of benzene rings is 1. The highest BCUT2D eigenvalue weighted by molar-refractivity contribution is 14.0. The molecule has 3 rings (SSSR count). The van der Waals surface area contributed by atoms with Crippen molar-refractivity contribution in [3.8, 4) is 5.75 Å². The summed E-state index contributed by atoms with van der Waals surface area (Å²) in [5.74, 6) is 2.54. The number of likely N-dealkylation sites (tertiary alicyclic amines) is 1. The Hall–Kier alpha value is -1.06. The highest BCUT2D eigenvalue weighted by Gasteiger charge is 2.26. The number of aliphatic imine (C=N–C) groups is 1. The zero-order chi connectivity index (χ0) is 20.6. The maximum absolute atomic E-state index is 5.83. The summed E-state index contributed by atoms with van der Waals surface area (Å²) in [5.41, 5.74) is 1.39. The lowest BCUT2D eigenvalue weighted by Crippen LogP contribution is -2.45. The summed E-state index contributed by atoms with van der Waals surface area (Å²) in [7, 11) is 1.71. The topological polar surface area (TPSA) is 49.3 Å². The summed E-state index contributed by atoms with van der Waals surface area (Å²) < 4.78 is 11.1. The van der Waals surface area contributed by atoms with Crippen LogP contribution >= 0.6 is 24.0 Å². The first kappa shape index (κ1) is 25.2. The molecule has 30 heavy (non-hydrogen) atoms. The van der Waals surface area contributed by atoms with Crippen molar-refractivity contribution in [3.05, 3.63) is 29.8 Å². The van der Waals surface area contributed by atoms with Gasteiger partial charge >= 0.3 is 0 Å². The van der Waals surface area contributed by atoms with Crippen molar-refractivity contribution in [1.29, 1.82) is 0 Å². The van der Waals surface area contributed by atoms with Gasteiger partial charge in [-0.1, -0.05) is 12.1 Å². The smallest absolute Gasteiger partial charge is 0.193 e. The fourth-order valence-corrected chi connectivity index (χ4v) is 4.47. The van der Waals surface area contributed by atoms with Gasteiger partial charge in [-0.2, -0.15) is 0 Å². The Labute approximate surface area is 199 Å². The van der Waals surface area contributed by atoms with Crippen molar-refractivity contribution < 1.29 is 9.47 Å². The molecule has 0 bridgehead atoms. The molecule has 0 saturated carbocycles. The molecule has 0 aromatic heterocycles. The summed E-state index contributed by atoms with van der Waals surface area (Å²) in [6.45, 7) is 13.5. The lowest BCUT2D eigenvalue weighted by molar-refractivity contribution is -0.0679. The van der Waals surface area contributed by atoms with Gasteiger partial charge in [-0.25, -0.2) is 0 Å². The molecule has 7 heteroatoms. The molecule has 1 aromatic rings. The molecule has 3 atom stereocenters. The van der Waals surface area contributed by atoms with Crippen LogP contribution in [0.3, 0.4) is 0 Å². The average Bonchev–Trinajstić information content (AvgIpc) is 3.20. The van der Waals surface area contributed by atoms with E-state index < -0.39 is 0 Å². The van der Waals surface area contributed by atoms with Gasteiger partial charge in [-0.3, -0.25) is 9.89 Å². The van der Waals surface area contributed by atoms with Crippen LogP contribution < -0.4 is 10.1 Å². The van der Waals surface area contributed by atoms with E-state index in [1.807, 2.05) is 0 Å². The Morgan fingerprint density at radius 2 is 1.87 bits per heavy atom. The molecule has 6 nitrogen and oxygen atoms in total. The third kappa shape index (κ3) is 7.27. The number of methoxy groups -OCH3 is 1. The predicted octanol–water partition coefficient (Wildman–Crippen LogP) is 3.57. The molecule has 170 valence electrons. The van der Waals surface area contributed by atoms with E-state index in [0.29, 0.717) is 18.1 Å². The first-order valence-corrected chi connectivity index (χ1v) is 11.1. The van der Waals surface area contributed by atoms with Gasteiger partial charge in [0, 0.05) is 51.7 Å². The summed E-state index contributed by atoms with van der Waals surface area (Å²) in [6, 6.07) is 8.51. The van der Waals surface area contributed by atoms with Crippen LogP contribution in [0.4, 0.5) is 0 Å². The van der Waals surface area contributed by atoms with Crippen molar-refractivity contribution in [2.24, 2.45) is 4.99 Å². The number of guanidine groups is 1. The second kappa shape index (κ2) is 12.7. The van der Waals surface area contributed by atoms with Crippen molar-refractivity contribution in [1.82, 2.24) is 15.1 Å². The third-order valence-electron chi connectivity index (χ3n) is 5.80. The van der Waals surface area contributed by atoms with E-state index in [1.54, 1.807) is 7.11 Å². The van der Waals surface area contributed by atoms with Crippen molar-refractivity contribution in [3.63, 3.8) is 0 Å². The molecule has 0 aliphatic carbocycles. The number of hydrogen-bond acceptors (Lipinski definition) is 4. The molecule has 2 aliphatic heterocycles. The van der Waals surface area contributed by atoms with E-state index in [-0.39, 0.29) is 24.0 Å². The molecule has 0 spiro atoms. The number of hydrogen-bond donors (Lipinski definition) is 1. The van der Waals surface area contributed by atoms with E-state index >= 15 is 0 Å². The molecule has 2 heterocycles. The SMILES string of the molecule is CCNC(=NCCCN1CC(C)OC(C)C1)N1CCC(c2ccc(OC)cc2)C1.I. The number of halogens is 1. The molecule has 2 saturated heterocycles. The van der Waals surface area contributed by atoms with Gasteiger partial charge in [0.25, 0.3) is 0 Å². The summed E-state index contributed by atoms with van der Waals surface area (Å²) in [5, 5.41) is 3.49. The molecular weight excluding hydrogens is 491 g/mol. The Balaban J connectivity index is 0.00000320. The van der Waals surface area contributed by atoms with E-state index in [2.05, 4.69) is 60.2 Å². The van der Waals surface area contributed by atoms with Crippen molar-refractivity contribution in [2.45, 2.75) is 51.7 Å². The van der Waals surface area contributed by atoms with E-state index in [0.717, 1.165) is 63.9 Å². The number of nitrogens with one attached hydrogen (secondary N) is 1. The zero-order valence-corrected chi connectivity index (χ0v) is 21.3. The van der Waals surface area contributed by atoms with Crippen LogP contribution in [0.1, 0.15) is 45.1 Å². The maximum Gasteiger partial charge on any atom is 0.193 e. The van der Waals surface area contributed by atoms with E-state index in [1.165, 1.54) is 12.0 Å². The largest absolute Gasteiger partial charge is 0.497 e. The van der Waals surface area contributed by atoms with Gasteiger partial charge in [0.15, 0.2) is 5.96 Å². The molecule has 1 N–H and O–H groups in total. The molecule has 1 aromatic carbocycles. The summed E-state index contributed by atoms with van der Waals surface area (Å²) in [6.07, 6.45) is 2.92. The van der Waals surface area contributed by atoms with E-state index in [4.69, 9.17) is 14.5 Å². The fraction of sp³-hybridized carbons (Fsp3) is 0.696. The minimum atomic E-state index is 0. The van der Waals surface area contributed by atoms with Gasteiger partial charge in [-0.15, -0.1) is 24.0 Å². The second-order valence-electron chi connectivity index (χ2n) is 8.31. The Bertz CT molecular complexity index is 645. The first-order valence-electron chi connectivity index (χ1n) is 11.1. The van der Waals surface area contributed by atoms with Crippen LogP contribution in [0.2, 0.25) is 0 Å². The number of nitrogens with zero attached hydrogens (tertiary/aromatic N) is 3. The van der Waals surface area contributed by atoms with E-state index in [9.17, 15) is 0 Å². The third-order valence-corrected chi connectivity index (χ3v) is 5.80. The number of ether oxygens (including phenoxy) is 2. The number of rotatable bonds is 7. The minimum absolute atomic E-state index is 0. The standard InChI is InChI=1S/C23H38N4O2.HI/c1-5-24-23(25-12-6-13-26-15-18(2)29-19(3)16-26)27-14-11-21(17-27)20-7-9-22(28-4)10-8-20;/h7-10,18-19,21H,5-6,11-17H2,1-4H3,(H,24,25);1H. The first-order chi connectivity index (χ1) is 14.1. The van der Waals surface area contributed by atoms with Gasteiger partial charge in [0.05, 0.1) is 19.3 Å². The predicted molar refractivity (Wildman–Crippen MR) is 134 cm³/mol. The van der Waals surface area contributed by atoms with Gasteiger partial charge in [0.2, 0.25) is 0 Å². The minimum Gasteiger partial charge on any atom is -0.497 e. The monoisotopic (exact) mass is 530 g/mol. The van der Waals surface area contributed by atoms with Crippen LogP contribution in [0, 0.1) is 0 Å². The Kier molecular flexibility index (Phi) is 10.7. The zero-order valence-electron chi connectivity index (χ0n) is 19.0. The quantitative estimate of drug-likeness (QED) is 0.253. The fourth-order valence-electron chi connectivity index (χ4n) is 4.47. The Morgan fingerprint density at radius 1 is 1.17 bits per heavy atom. The summed E-state index contributed by atoms with van der Waals surface area (Å²) >= 11 is 0. The highest BCUT2D eigenvalue weighted by atomic mass is 127. The highest BCUT2D eigenvalue weighted by Crippen LogP contribution is 2.28.